The van der Waals surface area contributed by atoms with Crippen LogP contribution in [0.25, 0.3) is 6.08 Å². The van der Waals surface area contributed by atoms with Crippen LogP contribution in [0.3, 0.4) is 0 Å². The molecule has 0 aromatic heterocycles. The molecule has 0 bridgehead atoms. The maximum absolute atomic E-state index is 12.1. The monoisotopic (exact) mass is 451 g/mol. The van der Waals surface area contributed by atoms with Crippen LogP contribution in [-0.2, 0) is 4.79 Å². The number of rotatable bonds is 8. The molecule has 0 saturated heterocycles. The van der Waals surface area contributed by atoms with Crippen LogP contribution < -0.4 is 14.8 Å². The first-order valence-corrected chi connectivity index (χ1v) is 9.81. The van der Waals surface area contributed by atoms with Gasteiger partial charge in [0.1, 0.15) is 0 Å². The SMILES string of the molecule is COc1cc(/C=C/C(=O)Nc2ccc(Br)cc2Cl)ccc1OCCC(C)C. The Morgan fingerprint density at radius 3 is 2.67 bits per heavy atom. The van der Waals surface area contributed by atoms with Gasteiger partial charge in [0.25, 0.3) is 0 Å². The van der Waals surface area contributed by atoms with E-state index >= 15 is 0 Å². The Balaban J connectivity index is 2.01. The zero-order valence-corrected chi connectivity index (χ0v) is 17.9. The summed E-state index contributed by atoms with van der Waals surface area (Å²) < 4.78 is 12.0. The van der Waals surface area contributed by atoms with Gasteiger partial charge in [0.15, 0.2) is 11.5 Å². The van der Waals surface area contributed by atoms with Crippen LogP contribution in [0.5, 0.6) is 11.5 Å². The molecule has 2 aromatic carbocycles. The number of benzene rings is 2. The molecule has 0 spiro atoms. The van der Waals surface area contributed by atoms with Crippen LogP contribution >= 0.6 is 27.5 Å². The highest BCUT2D eigenvalue weighted by atomic mass is 79.9. The molecular weight excluding hydrogens is 430 g/mol. The average Bonchev–Trinajstić information content (AvgIpc) is 2.62. The number of anilines is 1. The molecule has 6 heteroatoms. The highest BCUT2D eigenvalue weighted by Gasteiger charge is 2.07. The van der Waals surface area contributed by atoms with Crippen LogP contribution in [0.1, 0.15) is 25.8 Å². The minimum atomic E-state index is -0.268. The van der Waals surface area contributed by atoms with Gasteiger partial charge in [-0.1, -0.05) is 47.4 Å². The van der Waals surface area contributed by atoms with E-state index in [0.717, 1.165) is 16.5 Å². The fourth-order valence-corrected chi connectivity index (χ4v) is 2.97. The van der Waals surface area contributed by atoms with Gasteiger partial charge in [0.2, 0.25) is 5.91 Å². The first kappa shape index (κ1) is 21.3. The molecule has 27 heavy (non-hydrogen) atoms. The lowest BCUT2D eigenvalue weighted by molar-refractivity contribution is -0.111. The lowest BCUT2D eigenvalue weighted by Gasteiger charge is -2.12. The van der Waals surface area contributed by atoms with Gasteiger partial charge in [-0.25, -0.2) is 0 Å². The molecule has 144 valence electrons. The second-order valence-corrected chi connectivity index (χ2v) is 7.71. The molecule has 2 rings (SSSR count). The van der Waals surface area contributed by atoms with Crippen molar-refractivity contribution in [3.8, 4) is 11.5 Å². The van der Waals surface area contributed by atoms with Gasteiger partial charge in [-0.3, -0.25) is 4.79 Å². The highest BCUT2D eigenvalue weighted by Crippen LogP contribution is 2.29. The first-order chi connectivity index (χ1) is 12.9. The topological polar surface area (TPSA) is 47.6 Å². The smallest absolute Gasteiger partial charge is 0.248 e. The summed E-state index contributed by atoms with van der Waals surface area (Å²) in [6, 6.07) is 10.8. The molecule has 4 nitrogen and oxygen atoms in total. The van der Waals surface area contributed by atoms with E-state index in [1.807, 2.05) is 24.3 Å². The summed E-state index contributed by atoms with van der Waals surface area (Å²) in [6.07, 6.45) is 4.14. The summed E-state index contributed by atoms with van der Waals surface area (Å²) in [5.41, 5.74) is 1.39. The van der Waals surface area contributed by atoms with E-state index in [4.69, 9.17) is 21.1 Å². The largest absolute Gasteiger partial charge is 0.493 e. The highest BCUT2D eigenvalue weighted by molar-refractivity contribution is 9.10. The number of carbonyl (C=O) groups is 1. The summed E-state index contributed by atoms with van der Waals surface area (Å²) >= 11 is 9.44. The van der Waals surface area contributed by atoms with Crippen molar-refractivity contribution in [3.63, 3.8) is 0 Å². The second-order valence-electron chi connectivity index (χ2n) is 6.39. The Bertz CT molecular complexity index is 821. The van der Waals surface area contributed by atoms with Crippen molar-refractivity contribution in [1.29, 1.82) is 0 Å². The third-order valence-electron chi connectivity index (χ3n) is 3.76. The van der Waals surface area contributed by atoms with Crippen molar-refractivity contribution < 1.29 is 14.3 Å². The van der Waals surface area contributed by atoms with Gasteiger partial charge in [-0.15, -0.1) is 0 Å². The number of amides is 1. The average molecular weight is 453 g/mol. The van der Waals surface area contributed by atoms with E-state index in [-0.39, 0.29) is 5.91 Å². The lowest BCUT2D eigenvalue weighted by Crippen LogP contribution is -2.08. The zero-order chi connectivity index (χ0) is 19.8. The summed E-state index contributed by atoms with van der Waals surface area (Å²) in [5, 5.41) is 3.22. The Kier molecular flexibility index (Phi) is 8.20. The fraction of sp³-hybridized carbons (Fsp3) is 0.286. The molecule has 1 N–H and O–H groups in total. The van der Waals surface area contributed by atoms with Crippen LogP contribution in [0.4, 0.5) is 5.69 Å². The molecule has 0 aliphatic carbocycles. The van der Waals surface area contributed by atoms with Crippen LogP contribution in [-0.4, -0.2) is 19.6 Å². The number of hydrogen-bond acceptors (Lipinski definition) is 3. The lowest BCUT2D eigenvalue weighted by atomic mass is 10.1. The van der Waals surface area contributed by atoms with E-state index in [1.54, 1.807) is 25.3 Å². The van der Waals surface area contributed by atoms with Gasteiger partial charge in [-0.05, 0) is 54.3 Å². The molecule has 2 aromatic rings. The van der Waals surface area contributed by atoms with Crippen molar-refractivity contribution in [2.24, 2.45) is 5.92 Å². The molecule has 1 amide bonds. The molecule has 0 atom stereocenters. The molecule has 0 aliphatic heterocycles. The molecule has 0 unspecified atom stereocenters. The van der Waals surface area contributed by atoms with E-state index < -0.39 is 0 Å². The Morgan fingerprint density at radius 2 is 2.00 bits per heavy atom. The third kappa shape index (κ3) is 6.92. The van der Waals surface area contributed by atoms with E-state index in [9.17, 15) is 4.79 Å². The number of hydrogen-bond donors (Lipinski definition) is 1. The number of ether oxygens (including phenoxy) is 2. The Labute approximate surface area is 173 Å². The van der Waals surface area contributed by atoms with Crippen LogP contribution in [0, 0.1) is 5.92 Å². The molecule has 0 heterocycles. The van der Waals surface area contributed by atoms with E-state index in [1.165, 1.54) is 6.08 Å². The van der Waals surface area contributed by atoms with Crippen molar-refractivity contribution in [3.05, 3.63) is 57.5 Å². The van der Waals surface area contributed by atoms with E-state index in [0.29, 0.717) is 34.7 Å². The van der Waals surface area contributed by atoms with Crippen molar-refractivity contribution in [1.82, 2.24) is 0 Å². The fourth-order valence-electron chi connectivity index (χ4n) is 2.25. The minimum Gasteiger partial charge on any atom is -0.493 e. The first-order valence-electron chi connectivity index (χ1n) is 8.64. The normalized spacial score (nSPS) is 11.0. The van der Waals surface area contributed by atoms with Gasteiger partial charge in [0, 0.05) is 10.5 Å². The number of nitrogens with one attached hydrogen (secondary N) is 1. The van der Waals surface area contributed by atoms with E-state index in [2.05, 4.69) is 35.1 Å². The zero-order valence-electron chi connectivity index (χ0n) is 15.6. The Morgan fingerprint density at radius 1 is 1.22 bits per heavy atom. The number of carbonyl (C=O) groups excluding carboxylic acids is 1. The Hall–Kier alpha value is -1.98. The standard InChI is InChI=1S/C21H23BrClNO3/c1-14(2)10-11-27-19-8-4-15(12-20(19)26-3)5-9-21(25)24-18-7-6-16(22)13-17(18)23/h4-9,12-14H,10-11H2,1-3H3,(H,24,25)/b9-5+. The van der Waals surface area contributed by atoms with Crippen LogP contribution in [0.2, 0.25) is 5.02 Å². The second kappa shape index (κ2) is 10.4. The predicted molar refractivity (Wildman–Crippen MR) is 115 cm³/mol. The molecule has 0 aliphatic rings. The van der Waals surface area contributed by atoms with Crippen LogP contribution in [0.15, 0.2) is 46.9 Å². The van der Waals surface area contributed by atoms with Crippen molar-refractivity contribution in [2.45, 2.75) is 20.3 Å². The third-order valence-corrected chi connectivity index (χ3v) is 4.56. The number of methoxy groups -OCH3 is 1. The molecule has 0 saturated carbocycles. The maximum Gasteiger partial charge on any atom is 0.248 e. The van der Waals surface area contributed by atoms with Crippen molar-refractivity contribution >= 4 is 45.2 Å². The van der Waals surface area contributed by atoms with Crippen molar-refractivity contribution in [2.75, 3.05) is 19.0 Å². The predicted octanol–water partition coefficient (Wildman–Crippen LogP) is 6.19. The minimum absolute atomic E-state index is 0.268. The summed E-state index contributed by atoms with van der Waals surface area (Å²) in [6.45, 7) is 4.95. The summed E-state index contributed by atoms with van der Waals surface area (Å²) in [5.74, 6) is 1.64. The van der Waals surface area contributed by atoms with Gasteiger partial charge in [0.05, 0.1) is 24.4 Å². The number of halogens is 2. The quantitative estimate of drug-likeness (QED) is 0.486. The molecular formula is C21H23BrClNO3. The van der Waals surface area contributed by atoms with Gasteiger partial charge in [-0.2, -0.15) is 0 Å². The molecule has 0 radical (unpaired) electrons. The summed E-state index contributed by atoms with van der Waals surface area (Å²) in [4.78, 5) is 12.1. The summed E-state index contributed by atoms with van der Waals surface area (Å²) in [7, 11) is 1.60. The van der Waals surface area contributed by atoms with Gasteiger partial charge >= 0.3 is 0 Å². The molecule has 0 fully saturated rings. The van der Waals surface area contributed by atoms with Gasteiger partial charge < -0.3 is 14.8 Å². The maximum atomic E-state index is 12.1.